The van der Waals surface area contributed by atoms with Crippen LogP contribution in [-0.4, -0.2) is 72.2 Å². The Morgan fingerprint density at radius 2 is 1.83 bits per heavy atom. The Morgan fingerprint density at radius 3 is 2.49 bits per heavy atom. The molecule has 1 saturated heterocycles. The van der Waals surface area contributed by atoms with Gasteiger partial charge in [-0.15, -0.1) is 6.42 Å². The van der Waals surface area contributed by atoms with Crippen molar-refractivity contribution >= 4 is 34.5 Å². The molecule has 1 fully saturated rings. The lowest BCUT2D eigenvalue weighted by Gasteiger charge is -2.41. The summed E-state index contributed by atoms with van der Waals surface area (Å²) in [4.78, 5) is 25.4. The predicted molar refractivity (Wildman–Crippen MR) is 132 cm³/mol. The fourth-order valence-corrected chi connectivity index (χ4v) is 5.19. The van der Waals surface area contributed by atoms with Gasteiger partial charge in [-0.05, 0) is 35.4 Å². The maximum absolute atomic E-state index is 14.3. The summed E-state index contributed by atoms with van der Waals surface area (Å²) in [5.41, 5.74) is 0.262. The first kappa shape index (κ1) is 26.9. The lowest BCUT2D eigenvalue weighted by atomic mass is 9.94. The monoisotopic (exact) mass is 506 g/mol. The number of amides is 2. The summed E-state index contributed by atoms with van der Waals surface area (Å²) in [6.07, 6.45) is 3.48. The average molecular weight is 507 g/mol. The number of likely N-dealkylation sites (tertiary alicyclic amines) is 1. The number of carbonyl (C=O) groups excluding carboxylic acids is 2. The van der Waals surface area contributed by atoms with Gasteiger partial charge in [0.05, 0.1) is 19.6 Å². The van der Waals surface area contributed by atoms with Gasteiger partial charge in [0.2, 0.25) is 11.8 Å². The molecule has 35 heavy (non-hydrogen) atoms. The maximum atomic E-state index is 14.3. The molecule has 3 rings (SSSR count). The van der Waals surface area contributed by atoms with Crippen molar-refractivity contribution in [3.63, 3.8) is 0 Å². The van der Waals surface area contributed by atoms with Crippen LogP contribution >= 0.6 is 11.9 Å². The molecule has 2 aromatic rings. The third-order valence-electron chi connectivity index (χ3n) is 6.07. The predicted octanol–water partition coefficient (Wildman–Crippen LogP) is 3.35. The number of terminal acetylenes is 1. The highest BCUT2D eigenvalue weighted by Crippen LogP contribution is 2.42. The second-order valence-electron chi connectivity index (χ2n) is 8.30. The maximum Gasteiger partial charge on any atom is 0.408 e. The Kier molecular flexibility index (Phi) is 9.43. The fourth-order valence-electron chi connectivity index (χ4n) is 4.43. The number of nitrogens with zero attached hydrogens (tertiary/aromatic N) is 2. The molecule has 188 valence electrons. The second-order valence-corrected chi connectivity index (χ2v) is 9.13. The summed E-state index contributed by atoms with van der Waals surface area (Å²) in [6.45, 7) is 0.456. The van der Waals surface area contributed by atoms with Gasteiger partial charge in [-0.2, -0.15) is 13.2 Å². The summed E-state index contributed by atoms with van der Waals surface area (Å²) in [7, 11) is 0. The van der Waals surface area contributed by atoms with Crippen LogP contribution in [0.25, 0.3) is 10.8 Å². The number of carbonyl (C=O) groups is 2. The highest BCUT2D eigenvalue weighted by molar-refractivity contribution is 7.96. The number of fused-ring (bicyclic) bond motifs is 1. The van der Waals surface area contributed by atoms with Gasteiger partial charge in [0.1, 0.15) is 6.04 Å². The zero-order valence-corrected chi connectivity index (χ0v) is 20.3. The molecule has 0 spiro atoms. The van der Waals surface area contributed by atoms with Gasteiger partial charge in [-0.25, -0.2) is 4.31 Å². The van der Waals surface area contributed by atoms with Crippen LogP contribution in [0.5, 0.6) is 0 Å². The van der Waals surface area contributed by atoms with E-state index in [1.807, 2.05) is 28.8 Å². The highest BCUT2D eigenvalue weighted by Gasteiger charge is 2.46. The lowest BCUT2D eigenvalue weighted by molar-refractivity contribution is -0.189. The molecule has 0 saturated carbocycles. The SMILES string of the molecule is C#CCNC(=O)CNC(=O)CN(SC)C1CCN(C(c2cccc3ccccc23)C(F)(F)F)CC1. The molecule has 1 aliphatic heterocycles. The summed E-state index contributed by atoms with van der Waals surface area (Å²) in [6, 6.07) is 10.4. The van der Waals surface area contributed by atoms with E-state index in [9.17, 15) is 22.8 Å². The number of piperidine rings is 1. The number of hydrogen-bond donors (Lipinski definition) is 2. The molecule has 0 bridgehead atoms. The number of nitrogens with one attached hydrogen (secondary N) is 2. The van der Waals surface area contributed by atoms with Crippen LogP contribution in [-0.2, 0) is 9.59 Å². The van der Waals surface area contributed by atoms with E-state index in [0.29, 0.717) is 18.2 Å². The van der Waals surface area contributed by atoms with Crippen LogP contribution in [0.2, 0.25) is 0 Å². The van der Waals surface area contributed by atoms with Crippen molar-refractivity contribution in [1.82, 2.24) is 19.8 Å². The van der Waals surface area contributed by atoms with Gasteiger partial charge in [0.25, 0.3) is 0 Å². The fraction of sp³-hybridized carbons (Fsp3) is 0.440. The third-order valence-corrected chi connectivity index (χ3v) is 6.96. The van der Waals surface area contributed by atoms with Gasteiger partial charge in [-0.3, -0.25) is 14.5 Å². The van der Waals surface area contributed by atoms with E-state index in [-0.39, 0.29) is 56.1 Å². The minimum atomic E-state index is -4.42. The molecular weight excluding hydrogens is 477 g/mol. The number of alkyl halides is 3. The molecule has 0 aliphatic carbocycles. The van der Waals surface area contributed by atoms with Crippen LogP contribution < -0.4 is 10.6 Å². The Labute approximate surface area is 207 Å². The van der Waals surface area contributed by atoms with Crippen molar-refractivity contribution in [3.05, 3.63) is 48.0 Å². The molecule has 2 N–H and O–H groups in total. The molecule has 10 heteroatoms. The van der Waals surface area contributed by atoms with Crippen molar-refractivity contribution < 1.29 is 22.8 Å². The van der Waals surface area contributed by atoms with E-state index >= 15 is 0 Å². The molecule has 1 unspecified atom stereocenters. The molecule has 2 amide bonds. The first-order valence-electron chi connectivity index (χ1n) is 11.3. The Hall–Kier alpha value is -2.74. The molecule has 1 heterocycles. The molecule has 1 atom stereocenters. The van der Waals surface area contributed by atoms with Crippen molar-refractivity contribution in [2.45, 2.75) is 31.1 Å². The number of hydrogen-bond acceptors (Lipinski definition) is 5. The number of rotatable bonds is 9. The Bertz CT molecular complexity index is 1060. The average Bonchev–Trinajstić information content (AvgIpc) is 2.84. The minimum Gasteiger partial charge on any atom is -0.346 e. The third kappa shape index (κ3) is 7.13. The first-order chi connectivity index (χ1) is 16.7. The second kappa shape index (κ2) is 12.3. The molecule has 6 nitrogen and oxygen atoms in total. The first-order valence-corrected chi connectivity index (χ1v) is 12.5. The van der Waals surface area contributed by atoms with Crippen molar-refractivity contribution in [1.29, 1.82) is 0 Å². The van der Waals surface area contributed by atoms with Crippen molar-refractivity contribution in [2.75, 3.05) is 39.0 Å². The van der Waals surface area contributed by atoms with Crippen LogP contribution in [0.4, 0.5) is 13.2 Å². The van der Waals surface area contributed by atoms with E-state index in [0.717, 1.165) is 5.39 Å². The Balaban J connectivity index is 1.63. The van der Waals surface area contributed by atoms with Crippen LogP contribution in [0.15, 0.2) is 42.5 Å². The standard InChI is InChI=1S/C25H29F3N4O2S/c1-3-13-29-22(33)16-30-23(34)17-32(35-2)19-11-14-31(15-12-19)24(25(26,27)28)21-10-6-8-18-7-4-5-9-20(18)21/h1,4-10,19,24H,11-17H2,2H3,(H,29,33)(H,30,34). The highest BCUT2D eigenvalue weighted by atomic mass is 32.2. The lowest BCUT2D eigenvalue weighted by Crippen LogP contribution is -2.49. The summed E-state index contributed by atoms with van der Waals surface area (Å²) < 4.78 is 44.7. The zero-order valence-electron chi connectivity index (χ0n) is 19.5. The van der Waals surface area contributed by atoms with Gasteiger partial charge < -0.3 is 10.6 Å². The summed E-state index contributed by atoms with van der Waals surface area (Å²) in [5, 5.41) is 6.40. The normalized spacial score (nSPS) is 16.1. The van der Waals surface area contributed by atoms with E-state index in [1.54, 1.807) is 24.3 Å². The van der Waals surface area contributed by atoms with Crippen LogP contribution in [0.3, 0.4) is 0 Å². The zero-order chi connectivity index (χ0) is 25.4. The molecule has 2 aromatic carbocycles. The van der Waals surface area contributed by atoms with Crippen LogP contribution in [0.1, 0.15) is 24.4 Å². The van der Waals surface area contributed by atoms with Crippen LogP contribution in [0, 0.1) is 12.3 Å². The largest absolute Gasteiger partial charge is 0.408 e. The number of benzene rings is 2. The molecular formula is C25H29F3N4O2S. The van der Waals surface area contributed by atoms with E-state index in [2.05, 4.69) is 16.6 Å². The topological polar surface area (TPSA) is 64.7 Å². The summed E-state index contributed by atoms with van der Waals surface area (Å²) >= 11 is 1.37. The van der Waals surface area contributed by atoms with E-state index in [1.165, 1.54) is 16.8 Å². The van der Waals surface area contributed by atoms with E-state index < -0.39 is 12.2 Å². The van der Waals surface area contributed by atoms with Gasteiger partial charge in [-0.1, -0.05) is 60.3 Å². The Morgan fingerprint density at radius 1 is 1.14 bits per heavy atom. The van der Waals surface area contributed by atoms with Gasteiger partial charge in [0.15, 0.2) is 0 Å². The molecule has 0 aromatic heterocycles. The van der Waals surface area contributed by atoms with Gasteiger partial charge >= 0.3 is 6.18 Å². The minimum absolute atomic E-state index is 0.0419. The van der Waals surface area contributed by atoms with E-state index in [4.69, 9.17) is 6.42 Å². The van der Waals surface area contributed by atoms with Crippen molar-refractivity contribution in [2.24, 2.45) is 0 Å². The summed E-state index contributed by atoms with van der Waals surface area (Å²) in [5.74, 6) is 1.57. The van der Waals surface area contributed by atoms with Crippen molar-refractivity contribution in [3.8, 4) is 12.3 Å². The number of halogens is 3. The molecule has 1 aliphatic rings. The quantitative estimate of drug-likeness (QED) is 0.404. The van der Waals surface area contributed by atoms with Gasteiger partial charge in [0, 0.05) is 19.1 Å². The smallest absolute Gasteiger partial charge is 0.346 e. The molecule has 0 radical (unpaired) electrons.